The van der Waals surface area contributed by atoms with Crippen molar-refractivity contribution in [2.75, 3.05) is 7.11 Å². The molecule has 0 aliphatic heterocycles. The second-order valence-electron chi connectivity index (χ2n) is 4.86. The standard InChI is InChI=1S/C14H20FNO/c1-3-10-8-11(13(17-2)9-12(10)15)14(16)6-4-5-7-14/h8-9H,3-7,16H2,1-2H3. The van der Waals surface area contributed by atoms with Crippen molar-refractivity contribution in [2.45, 2.75) is 44.6 Å². The molecule has 1 aromatic carbocycles. The van der Waals surface area contributed by atoms with E-state index in [9.17, 15) is 4.39 Å². The van der Waals surface area contributed by atoms with Crippen LogP contribution < -0.4 is 10.5 Å². The highest BCUT2D eigenvalue weighted by Gasteiger charge is 2.34. The predicted molar refractivity (Wildman–Crippen MR) is 66.7 cm³/mol. The van der Waals surface area contributed by atoms with Crippen LogP contribution in [0.2, 0.25) is 0 Å². The van der Waals surface area contributed by atoms with E-state index >= 15 is 0 Å². The molecule has 1 aliphatic rings. The minimum Gasteiger partial charge on any atom is -0.496 e. The van der Waals surface area contributed by atoms with E-state index in [1.807, 2.05) is 13.0 Å². The lowest BCUT2D eigenvalue weighted by Crippen LogP contribution is -2.33. The van der Waals surface area contributed by atoms with E-state index in [4.69, 9.17) is 10.5 Å². The number of rotatable bonds is 3. The number of hydrogen-bond donors (Lipinski definition) is 1. The van der Waals surface area contributed by atoms with Gasteiger partial charge in [0.25, 0.3) is 0 Å². The number of hydrogen-bond acceptors (Lipinski definition) is 2. The molecule has 0 aromatic heterocycles. The fraction of sp³-hybridized carbons (Fsp3) is 0.571. The number of halogens is 1. The molecule has 0 unspecified atom stereocenters. The van der Waals surface area contributed by atoms with Gasteiger partial charge in [-0.2, -0.15) is 0 Å². The van der Waals surface area contributed by atoms with Crippen LogP contribution in [0.25, 0.3) is 0 Å². The van der Waals surface area contributed by atoms with E-state index in [0.29, 0.717) is 12.2 Å². The molecule has 0 radical (unpaired) electrons. The third kappa shape index (κ3) is 2.16. The number of benzene rings is 1. The predicted octanol–water partition coefficient (Wildman–Crippen LogP) is 3.12. The Bertz CT molecular complexity index is 411. The van der Waals surface area contributed by atoms with Gasteiger partial charge in [-0.3, -0.25) is 0 Å². The van der Waals surface area contributed by atoms with E-state index < -0.39 is 0 Å². The van der Waals surface area contributed by atoms with Crippen molar-refractivity contribution in [1.29, 1.82) is 0 Å². The summed E-state index contributed by atoms with van der Waals surface area (Å²) >= 11 is 0. The van der Waals surface area contributed by atoms with Gasteiger partial charge in [-0.25, -0.2) is 4.39 Å². The van der Waals surface area contributed by atoms with Crippen molar-refractivity contribution in [1.82, 2.24) is 0 Å². The number of methoxy groups -OCH3 is 1. The van der Waals surface area contributed by atoms with Gasteiger partial charge in [0.05, 0.1) is 7.11 Å². The smallest absolute Gasteiger partial charge is 0.130 e. The van der Waals surface area contributed by atoms with Crippen molar-refractivity contribution in [2.24, 2.45) is 5.73 Å². The highest BCUT2D eigenvalue weighted by Crippen LogP contribution is 2.41. The van der Waals surface area contributed by atoms with Gasteiger partial charge in [-0.15, -0.1) is 0 Å². The van der Waals surface area contributed by atoms with Crippen LogP contribution in [0.5, 0.6) is 5.75 Å². The lowest BCUT2D eigenvalue weighted by Gasteiger charge is -2.27. The Morgan fingerprint density at radius 3 is 2.53 bits per heavy atom. The Hall–Kier alpha value is -1.09. The molecule has 0 spiro atoms. The van der Waals surface area contributed by atoms with E-state index in [-0.39, 0.29) is 11.4 Å². The molecule has 1 saturated carbocycles. The maximum atomic E-state index is 13.7. The van der Waals surface area contributed by atoms with Gasteiger partial charge in [0.2, 0.25) is 0 Å². The number of nitrogens with two attached hydrogens (primary N) is 1. The highest BCUT2D eigenvalue weighted by molar-refractivity contribution is 5.43. The van der Waals surface area contributed by atoms with Crippen LogP contribution in [0.15, 0.2) is 12.1 Å². The molecule has 0 amide bonds. The fourth-order valence-electron chi connectivity index (χ4n) is 2.70. The van der Waals surface area contributed by atoms with Gasteiger partial charge in [-0.1, -0.05) is 19.8 Å². The summed E-state index contributed by atoms with van der Waals surface area (Å²) in [6.07, 6.45) is 4.87. The van der Waals surface area contributed by atoms with Gasteiger partial charge < -0.3 is 10.5 Å². The summed E-state index contributed by atoms with van der Waals surface area (Å²) in [4.78, 5) is 0. The average Bonchev–Trinajstić information content (AvgIpc) is 2.76. The monoisotopic (exact) mass is 237 g/mol. The maximum absolute atomic E-state index is 13.7. The van der Waals surface area contributed by atoms with Crippen LogP contribution in [-0.2, 0) is 12.0 Å². The van der Waals surface area contributed by atoms with Crippen molar-refractivity contribution >= 4 is 0 Å². The molecule has 94 valence electrons. The Labute approximate surface area is 102 Å². The van der Waals surface area contributed by atoms with Crippen molar-refractivity contribution in [3.63, 3.8) is 0 Å². The van der Waals surface area contributed by atoms with Crippen LogP contribution in [0.3, 0.4) is 0 Å². The first-order valence-corrected chi connectivity index (χ1v) is 6.26. The lowest BCUT2D eigenvalue weighted by atomic mass is 9.87. The Kier molecular flexibility index (Phi) is 3.38. The van der Waals surface area contributed by atoms with Crippen LogP contribution >= 0.6 is 0 Å². The molecule has 2 N–H and O–H groups in total. The maximum Gasteiger partial charge on any atom is 0.130 e. The summed E-state index contributed by atoms with van der Waals surface area (Å²) < 4.78 is 19.0. The molecule has 0 atom stereocenters. The van der Waals surface area contributed by atoms with Crippen molar-refractivity contribution in [3.8, 4) is 5.75 Å². The Balaban J connectivity index is 2.50. The summed E-state index contributed by atoms with van der Waals surface area (Å²) in [6, 6.07) is 3.36. The first kappa shape index (κ1) is 12.4. The van der Waals surface area contributed by atoms with E-state index in [1.165, 1.54) is 6.07 Å². The summed E-state index contributed by atoms with van der Waals surface area (Å²) in [7, 11) is 1.57. The summed E-state index contributed by atoms with van der Waals surface area (Å²) in [6.45, 7) is 1.95. The van der Waals surface area contributed by atoms with E-state index in [1.54, 1.807) is 7.11 Å². The molecular formula is C14H20FNO. The van der Waals surface area contributed by atoms with E-state index in [0.717, 1.165) is 36.8 Å². The van der Waals surface area contributed by atoms with Crippen LogP contribution in [0.1, 0.15) is 43.7 Å². The first-order chi connectivity index (χ1) is 8.10. The molecule has 1 aromatic rings. The summed E-state index contributed by atoms with van der Waals surface area (Å²) in [5, 5.41) is 0. The third-order valence-corrected chi connectivity index (χ3v) is 3.78. The minimum absolute atomic E-state index is 0.199. The molecule has 0 saturated heterocycles. The summed E-state index contributed by atoms with van der Waals surface area (Å²) in [5.41, 5.74) is 7.79. The van der Waals surface area contributed by atoms with Gasteiger partial charge in [-0.05, 0) is 30.9 Å². The lowest BCUT2D eigenvalue weighted by molar-refractivity contribution is 0.375. The number of ether oxygens (including phenoxy) is 1. The molecule has 0 bridgehead atoms. The summed E-state index contributed by atoms with van der Waals surface area (Å²) in [5.74, 6) is 0.388. The quantitative estimate of drug-likeness (QED) is 0.876. The van der Waals surface area contributed by atoms with Crippen LogP contribution in [0, 0.1) is 5.82 Å². The van der Waals surface area contributed by atoms with Gasteiger partial charge in [0.15, 0.2) is 0 Å². The molecule has 3 heteroatoms. The third-order valence-electron chi connectivity index (χ3n) is 3.78. The van der Waals surface area contributed by atoms with Crippen LogP contribution in [0.4, 0.5) is 4.39 Å². The molecule has 2 rings (SSSR count). The largest absolute Gasteiger partial charge is 0.496 e. The average molecular weight is 237 g/mol. The van der Waals surface area contributed by atoms with Gasteiger partial charge >= 0.3 is 0 Å². The van der Waals surface area contributed by atoms with E-state index in [2.05, 4.69) is 0 Å². The van der Waals surface area contributed by atoms with Gasteiger partial charge in [0, 0.05) is 17.2 Å². The van der Waals surface area contributed by atoms with Crippen molar-refractivity contribution < 1.29 is 9.13 Å². The first-order valence-electron chi connectivity index (χ1n) is 6.26. The normalized spacial score (nSPS) is 18.4. The zero-order chi connectivity index (χ0) is 12.5. The minimum atomic E-state index is -0.330. The molecule has 0 heterocycles. The van der Waals surface area contributed by atoms with Gasteiger partial charge in [0.1, 0.15) is 11.6 Å². The topological polar surface area (TPSA) is 35.2 Å². The van der Waals surface area contributed by atoms with Crippen molar-refractivity contribution in [3.05, 3.63) is 29.1 Å². The Morgan fingerprint density at radius 1 is 1.35 bits per heavy atom. The zero-order valence-electron chi connectivity index (χ0n) is 10.6. The molecule has 17 heavy (non-hydrogen) atoms. The molecule has 1 aliphatic carbocycles. The highest BCUT2D eigenvalue weighted by atomic mass is 19.1. The second-order valence-corrected chi connectivity index (χ2v) is 4.86. The molecule has 1 fully saturated rings. The Morgan fingerprint density at radius 2 is 2.00 bits per heavy atom. The second kappa shape index (κ2) is 4.65. The molecule has 2 nitrogen and oxygen atoms in total. The SMILES string of the molecule is CCc1cc(C2(N)CCCC2)c(OC)cc1F. The zero-order valence-corrected chi connectivity index (χ0v) is 10.6. The van der Waals surface area contributed by atoms with Crippen LogP contribution in [-0.4, -0.2) is 7.11 Å². The molecular weight excluding hydrogens is 217 g/mol. The fourth-order valence-corrected chi connectivity index (χ4v) is 2.70. The number of aryl methyl sites for hydroxylation is 1.